The molecule has 0 saturated heterocycles. The Balaban J connectivity index is 1.58. The van der Waals surface area contributed by atoms with E-state index >= 15 is 0 Å². The molecule has 2 N–H and O–H groups in total. The highest BCUT2D eigenvalue weighted by molar-refractivity contribution is 7.13. The average molecular weight is 381 g/mol. The zero-order chi connectivity index (χ0) is 17.9. The minimum Gasteiger partial charge on any atom is -0.388 e. The Labute approximate surface area is 155 Å². The number of nitrogens with one attached hydrogen (secondary N) is 1. The van der Waals surface area contributed by atoms with Gasteiger partial charge in [-0.1, -0.05) is 11.6 Å². The quantitative estimate of drug-likeness (QED) is 0.770. The smallest absolute Gasteiger partial charge is 0.228 e. The van der Waals surface area contributed by atoms with Gasteiger partial charge in [0, 0.05) is 24.7 Å². The maximum absolute atomic E-state index is 12.5. The Hall–Kier alpha value is -1.70. The van der Waals surface area contributed by atoms with Gasteiger partial charge in [0.15, 0.2) is 5.13 Å². The average Bonchev–Trinajstić information content (AvgIpc) is 3.00. The molecule has 6 nitrogen and oxygen atoms in total. The molecular weight excluding hydrogens is 360 g/mol. The summed E-state index contributed by atoms with van der Waals surface area (Å²) in [5.41, 5.74) is 0.0197. The number of hydrogen-bond donors (Lipinski definition) is 2. The van der Waals surface area contributed by atoms with Crippen molar-refractivity contribution in [3.05, 3.63) is 34.4 Å². The Morgan fingerprint density at radius 1 is 1.48 bits per heavy atom. The monoisotopic (exact) mass is 380 g/mol. The van der Waals surface area contributed by atoms with E-state index in [2.05, 4.69) is 15.3 Å². The Morgan fingerprint density at radius 2 is 2.28 bits per heavy atom. The molecule has 0 aliphatic heterocycles. The van der Waals surface area contributed by atoms with Gasteiger partial charge in [0.05, 0.1) is 22.7 Å². The first kappa shape index (κ1) is 18.1. The molecule has 1 fully saturated rings. The van der Waals surface area contributed by atoms with Gasteiger partial charge in [-0.05, 0) is 38.3 Å². The van der Waals surface area contributed by atoms with Gasteiger partial charge in [0.2, 0.25) is 5.91 Å². The predicted octanol–water partition coefficient (Wildman–Crippen LogP) is 3.24. The largest absolute Gasteiger partial charge is 0.388 e. The second-order valence-corrected chi connectivity index (χ2v) is 7.59. The van der Waals surface area contributed by atoms with Crippen molar-refractivity contribution in [2.24, 2.45) is 0 Å². The van der Waals surface area contributed by atoms with E-state index in [1.54, 1.807) is 23.2 Å². The predicted molar refractivity (Wildman–Crippen MR) is 99.4 cm³/mol. The second kappa shape index (κ2) is 7.68. The lowest BCUT2D eigenvalue weighted by atomic mass is 9.80. The molecule has 2 aromatic heterocycles. The van der Waals surface area contributed by atoms with Crippen LogP contribution >= 0.6 is 22.9 Å². The lowest BCUT2D eigenvalue weighted by molar-refractivity contribution is -0.137. The molecule has 0 spiro atoms. The fourth-order valence-corrected chi connectivity index (χ4v) is 3.58. The maximum atomic E-state index is 12.5. The van der Waals surface area contributed by atoms with E-state index in [0.717, 1.165) is 19.3 Å². The van der Waals surface area contributed by atoms with Crippen molar-refractivity contribution in [1.29, 1.82) is 0 Å². The van der Waals surface area contributed by atoms with E-state index < -0.39 is 5.60 Å². The number of carbonyl (C=O) groups excluding carboxylic acids is 1. The third-order valence-corrected chi connectivity index (χ3v) is 5.38. The van der Waals surface area contributed by atoms with Gasteiger partial charge in [-0.3, -0.25) is 4.79 Å². The van der Waals surface area contributed by atoms with E-state index in [0.29, 0.717) is 34.8 Å². The van der Waals surface area contributed by atoms with Gasteiger partial charge >= 0.3 is 0 Å². The van der Waals surface area contributed by atoms with Crippen LogP contribution in [0.3, 0.4) is 0 Å². The third-order valence-electron chi connectivity index (χ3n) is 4.35. The number of halogens is 1. The Bertz CT molecular complexity index is 731. The Kier molecular flexibility index (Phi) is 5.56. The minimum absolute atomic E-state index is 0.00991. The summed E-state index contributed by atoms with van der Waals surface area (Å²) in [4.78, 5) is 22.8. The lowest BCUT2D eigenvalue weighted by Crippen LogP contribution is -2.50. The molecule has 134 valence electrons. The molecule has 3 rings (SSSR count). The summed E-state index contributed by atoms with van der Waals surface area (Å²) in [6, 6.07) is 3.52. The molecule has 1 amide bonds. The van der Waals surface area contributed by atoms with Crippen molar-refractivity contribution in [2.75, 3.05) is 18.4 Å². The first-order chi connectivity index (χ1) is 12.0. The third kappa shape index (κ3) is 4.68. The zero-order valence-corrected chi connectivity index (χ0v) is 15.6. The molecule has 1 aliphatic carbocycles. The molecule has 1 saturated carbocycles. The van der Waals surface area contributed by atoms with Crippen LogP contribution in [0.2, 0.25) is 5.02 Å². The highest BCUT2D eigenvalue weighted by Crippen LogP contribution is 2.32. The Morgan fingerprint density at radius 3 is 2.88 bits per heavy atom. The molecular formula is C17H21ClN4O2S. The zero-order valence-electron chi connectivity index (χ0n) is 14.0. The van der Waals surface area contributed by atoms with Crippen molar-refractivity contribution >= 4 is 39.8 Å². The molecule has 2 heterocycles. The maximum Gasteiger partial charge on any atom is 0.228 e. The van der Waals surface area contributed by atoms with Crippen LogP contribution in [0.15, 0.2) is 23.7 Å². The van der Waals surface area contributed by atoms with Gasteiger partial charge in [0.1, 0.15) is 5.82 Å². The van der Waals surface area contributed by atoms with Crippen LogP contribution in [-0.4, -0.2) is 44.6 Å². The molecule has 2 aromatic rings. The molecule has 1 aliphatic rings. The van der Waals surface area contributed by atoms with Crippen LogP contribution in [-0.2, 0) is 11.2 Å². The SMILES string of the molecule is CCN(CC1(O)CCC1)C(=O)Cc1csc(Nc2ccc(Cl)cn2)n1. The fraction of sp³-hybridized carbons (Fsp3) is 0.471. The van der Waals surface area contributed by atoms with E-state index in [-0.39, 0.29) is 12.3 Å². The van der Waals surface area contributed by atoms with Crippen molar-refractivity contribution in [2.45, 2.75) is 38.2 Å². The van der Waals surface area contributed by atoms with Gasteiger partial charge in [-0.25, -0.2) is 9.97 Å². The number of aromatic nitrogens is 2. The minimum atomic E-state index is -0.694. The van der Waals surface area contributed by atoms with Crippen LogP contribution in [0.5, 0.6) is 0 Å². The lowest BCUT2D eigenvalue weighted by Gasteiger charge is -2.40. The number of carbonyl (C=O) groups is 1. The summed E-state index contributed by atoms with van der Waals surface area (Å²) in [6.45, 7) is 2.93. The first-order valence-corrected chi connectivity index (χ1v) is 9.56. The van der Waals surface area contributed by atoms with Crippen LogP contribution in [0.1, 0.15) is 31.9 Å². The van der Waals surface area contributed by atoms with Gasteiger partial charge in [-0.15, -0.1) is 11.3 Å². The van der Waals surface area contributed by atoms with Gasteiger partial charge in [0.25, 0.3) is 0 Å². The number of pyridine rings is 1. The molecule has 0 bridgehead atoms. The first-order valence-electron chi connectivity index (χ1n) is 8.30. The molecule has 25 heavy (non-hydrogen) atoms. The summed E-state index contributed by atoms with van der Waals surface area (Å²) >= 11 is 7.24. The van der Waals surface area contributed by atoms with Crippen molar-refractivity contribution in [3.8, 4) is 0 Å². The fourth-order valence-electron chi connectivity index (χ4n) is 2.75. The van der Waals surface area contributed by atoms with E-state index in [1.165, 1.54) is 11.3 Å². The number of hydrogen-bond acceptors (Lipinski definition) is 6. The highest BCUT2D eigenvalue weighted by Gasteiger charge is 2.37. The van der Waals surface area contributed by atoms with Crippen LogP contribution < -0.4 is 5.32 Å². The standard InChI is InChI=1S/C17H21ClN4O2S/c1-2-22(11-17(24)6-3-7-17)15(23)8-13-10-25-16(20-13)21-14-5-4-12(18)9-19-14/h4-5,9-10,24H,2-3,6-8,11H2,1H3,(H,19,20,21). The number of aliphatic hydroxyl groups is 1. The number of nitrogens with zero attached hydrogens (tertiary/aromatic N) is 3. The van der Waals surface area contributed by atoms with Crippen molar-refractivity contribution < 1.29 is 9.90 Å². The van der Waals surface area contributed by atoms with Crippen LogP contribution in [0, 0.1) is 0 Å². The van der Waals surface area contributed by atoms with E-state index in [4.69, 9.17) is 11.6 Å². The molecule has 0 aromatic carbocycles. The number of anilines is 2. The molecule has 0 radical (unpaired) electrons. The summed E-state index contributed by atoms with van der Waals surface area (Å²) in [6.07, 6.45) is 4.37. The van der Waals surface area contributed by atoms with Crippen molar-refractivity contribution in [3.63, 3.8) is 0 Å². The number of thiazole rings is 1. The van der Waals surface area contributed by atoms with E-state index in [9.17, 15) is 9.90 Å². The number of likely N-dealkylation sites (N-methyl/N-ethyl adjacent to an activating group) is 1. The number of amides is 1. The van der Waals surface area contributed by atoms with E-state index in [1.807, 2.05) is 12.3 Å². The summed E-state index contributed by atoms with van der Waals surface area (Å²) < 4.78 is 0. The summed E-state index contributed by atoms with van der Waals surface area (Å²) in [7, 11) is 0. The van der Waals surface area contributed by atoms with Crippen LogP contribution in [0.4, 0.5) is 10.9 Å². The topological polar surface area (TPSA) is 78.4 Å². The highest BCUT2D eigenvalue weighted by atomic mass is 35.5. The van der Waals surface area contributed by atoms with Crippen molar-refractivity contribution in [1.82, 2.24) is 14.9 Å². The van der Waals surface area contributed by atoms with Gasteiger partial charge < -0.3 is 15.3 Å². The molecule has 0 unspecified atom stereocenters. The summed E-state index contributed by atoms with van der Waals surface area (Å²) in [5, 5.41) is 16.5. The van der Waals surface area contributed by atoms with Crippen LogP contribution in [0.25, 0.3) is 0 Å². The molecule has 0 atom stereocenters. The van der Waals surface area contributed by atoms with Gasteiger partial charge in [-0.2, -0.15) is 0 Å². The summed E-state index contributed by atoms with van der Waals surface area (Å²) in [5.74, 6) is 0.642. The number of rotatable bonds is 7. The molecule has 8 heteroatoms. The normalized spacial score (nSPS) is 15.5. The second-order valence-electron chi connectivity index (χ2n) is 6.29.